The minimum absolute atomic E-state index is 0.0766. The zero-order chi connectivity index (χ0) is 15.0. The smallest absolute Gasteiger partial charge is 0.334 e. The molecule has 1 aromatic rings. The molecule has 1 heterocycles. The largest absolute Gasteiger partial charge is 0.478 e. The van der Waals surface area contributed by atoms with E-state index >= 15 is 0 Å². The second-order valence-corrected chi connectivity index (χ2v) is 7.37. The molecule has 1 aliphatic carbocycles. The van der Waals surface area contributed by atoms with E-state index in [1.807, 2.05) is 0 Å². The number of halogens is 1. The number of benzene rings is 1. The zero-order valence-electron chi connectivity index (χ0n) is 11.1. The Bertz CT molecular complexity index is 626. The second kappa shape index (κ2) is 5.85. The van der Waals surface area contributed by atoms with Gasteiger partial charge < -0.3 is 10.4 Å². The van der Waals surface area contributed by atoms with Crippen LogP contribution in [-0.4, -0.2) is 22.2 Å². The summed E-state index contributed by atoms with van der Waals surface area (Å²) in [7, 11) is 0. The van der Waals surface area contributed by atoms with E-state index in [1.54, 1.807) is 24.3 Å². The van der Waals surface area contributed by atoms with Crippen LogP contribution >= 0.6 is 27.7 Å². The van der Waals surface area contributed by atoms with Crippen LogP contribution in [-0.2, 0) is 4.79 Å². The van der Waals surface area contributed by atoms with E-state index in [1.165, 1.54) is 11.8 Å². The molecule has 110 valence electrons. The molecule has 4 nitrogen and oxygen atoms in total. The first-order valence-corrected chi connectivity index (χ1v) is 8.44. The van der Waals surface area contributed by atoms with Crippen LogP contribution in [0.5, 0.6) is 0 Å². The highest BCUT2D eigenvalue weighted by Crippen LogP contribution is 2.49. The number of amides is 1. The minimum Gasteiger partial charge on any atom is -0.478 e. The lowest BCUT2D eigenvalue weighted by Gasteiger charge is -2.09. The Morgan fingerprint density at radius 2 is 1.95 bits per heavy atom. The third-order valence-corrected chi connectivity index (χ3v) is 5.85. The van der Waals surface area contributed by atoms with Gasteiger partial charge in [-0.3, -0.25) is 4.79 Å². The Hall–Kier alpha value is -1.27. The van der Waals surface area contributed by atoms with Crippen molar-refractivity contribution in [3.8, 4) is 0 Å². The van der Waals surface area contributed by atoms with Crippen LogP contribution in [0.1, 0.15) is 29.6 Å². The van der Waals surface area contributed by atoms with Crippen molar-refractivity contribution in [1.82, 2.24) is 5.32 Å². The first-order valence-electron chi connectivity index (χ1n) is 6.77. The molecule has 1 amide bonds. The number of carbonyl (C=O) groups excluding carboxylic acids is 1. The van der Waals surface area contributed by atoms with E-state index in [0.29, 0.717) is 21.4 Å². The molecule has 2 N–H and O–H groups in total. The zero-order valence-corrected chi connectivity index (χ0v) is 13.5. The molecular formula is C15H14BrNO3S. The molecule has 1 aromatic carbocycles. The van der Waals surface area contributed by atoms with Crippen molar-refractivity contribution in [2.75, 3.05) is 0 Å². The number of hydrogen-bond acceptors (Lipinski definition) is 3. The lowest BCUT2D eigenvalue weighted by molar-refractivity contribution is -0.133. The molecule has 0 bridgehead atoms. The topological polar surface area (TPSA) is 66.4 Å². The predicted octanol–water partition coefficient (Wildman–Crippen LogP) is 3.39. The highest BCUT2D eigenvalue weighted by molar-refractivity contribution is 9.10. The quantitative estimate of drug-likeness (QED) is 0.858. The second-order valence-electron chi connectivity index (χ2n) is 5.20. The lowest BCUT2D eigenvalue weighted by Crippen LogP contribution is -2.23. The standard InChI is InChI=1S/C15H14BrNO3S/c16-9-6-4-8(5-7-9)13(18)17-14-12(15(19)20)10-2-1-3-11(10)21-14/h4-7,10-11H,1-3H2,(H,17,18)(H,19,20). The molecule has 0 saturated heterocycles. The molecule has 3 rings (SSSR count). The van der Waals surface area contributed by atoms with Crippen LogP contribution in [0.2, 0.25) is 0 Å². The number of thioether (sulfide) groups is 1. The number of aliphatic carboxylic acids is 1. The summed E-state index contributed by atoms with van der Waals surface area (Å²) in [6.07, 6.45) is 2.98. The summed E-state index contributed by atoms with van der Waals surface area (Å²) in [4.78, 5) is 23.7. The van der Waals surface area contributed by atoms with Crippen molar-refractivity contribution >= 4 is 39.6 Å². The van der Waals surface area contributed by atoms with Crippen LogP contribution in [0, 0.1) is 5.92 Å². The number of carbonyl (C=O) groups is 2. The third kappa shape index (κ3) is 2.87. The SMILES string of the molecule is O=C(O)C1=C(NC(=O)c2ccc(Br)cc2)SC2CCCC12. The molecule has 2 aliphatic rings. The number of hydrogen-bond donors (Lipinski definition) is 2. The molecule has 2 unspecified atom stereocenters. The fourth-order valence-electron chi connectivity index (χ4n) is 2.91. The summed E-state index contributed by atoms with van der Waals surface area (Å²) in [5, 5.41) is 13.0. The minimum atomic E-state index is -0.914. The van der Waals surface area contributed by atoms with Crippen molar-refractivity contribution in [1.29, 1.82) is 0 Å². The van der Waals surface area contributed by atoms with Gasteiger partial charge in [-0.25, -0.2) is 4.79 Å². The first kappa shape index (κ1) is 14.7. The van der Waals surface area contributed by atoms with Gasteiger partial charge in [0.15, 0.2) is 0 Å². The molecule has 6 heteroatoms. The molecule has 0 aromatic heterocycles. The van der Waals surface area contributed by atoms with Crippen LogP contribution in [0.4, 0.5) is 0 Å². The molecule has 1 saturated carbocycles. The van der Waals surface area contributed by atoms with E-state index in [9.17, 15) is 14.7 Å². The Morgan fingerprint density at radius 3 is 2.62 bits per heavy atom. The van der Waals surface area contributed by atoms with E-state index in [4.69, 9.17) is 0 Å². The Balaban J connectivity index is 1.82. The summed E-state index contributed by atoms with van der Waals surface area (Å²) in [6, 6.07) is 7.00. The molecule has 0 radical (unpaired) electrons. The van der Waals surface area contributed by atoms with Crippen LogP contribution < -0.4 is 5.32 Å². The van der Waals surface area contributed by atoms with Gasteiger partial charge in [-0.1, -0.05) is 22.4 Å². The van der Waals surface area contributed by atoms with Crippen LogP contribution in [0.3, 0.4) is 0 Å². The number of rotatable bonds is 3. The average Bonchev–Trinajstić information content (AvgIpc) is 2.98. The maximum atomic E-state index is 12.2. The molecule has 1 aliphatic heterocycles. The van der Waals surface area contributed by atoms with Crippen molar-refractivity contribution < 1.29 is 14.7 Å². The van der Waals surface area contributed by atoms with Crippen molar-refractivity contribution in [2.45, 2.75) is 24.5 Å². The van der Waals surface area contributed by atoms with Gasteiger partial charge in [0.05, 0.1) is 10.6 Å². The van der Waals surface area contributed by atoms with Gasteiger partial charge >= 0.3 is 5.97 Å². The number of carboxylic acids is 1. The maximum Gasteiger partial charge on any atom is 0.334 e. The van der Waals surface area contributed by atoms with E-state index in [2.05, 4.69) is 21.2 Å². The Labute approximate surface area is 135 Å². The molecule has 1 fully saturated rings. The van der Waals surface area contributed by atoms with Gasteiger partial charge in [0.1, 0.15) is 0 Å². The molecule has 21 heavy (non-hydrogen) atoms. The fraction of sp³-hybridized carbons (Fsp3) is 0.333. The number of nitrogens with one attached hydrogen (secondary N) is 1. The van der Waals surface area contributed by atoms with Gasteiger partial charge in [-0.05, 0) is 37.1 Å². The molecule has 0 spiro atoms. The van der Waals surface area contributed by atoms with Gasteiger partial charge in [0.25, 0.3) is 5.91 Å². The van der Waals surface area contributed by atoms with E-state index in [0.717, 1.165) is 23.7 Å². The number of carboxylic acid groups (broad SMARTS) is 1. The molecular weight excluding hydrogens is 354 g/mol. The Morgan fingerprint density at radius 1 is 1.24 bits per heavy atom. The summed E-state index contributed by atoms with van der Waals surface area (Å²) < 4.78 is 0.897. The van der Waals surface area contributed by atoms with Crippen LogP contribution in [0.15, 0.2) is 39.3 Å². The highest BCUT2D eigenvalue weighted by atomic mass is 79.9. The summed E-state index contributed by atoms with van der Waals surface area (Å²) >= 11 is 4.82. The van der Waals surface area contributed by atoms with Gasteiger partial charge in [-0.15, -0.1) is 11.8 Å². The van der Waals surface area contributed by atoms with Crippen LogP contribution in [0.25, 0.3) is 0 Å². The van der Waals surface area contributed by atoms with Crippen molar-refractivity contribution in [3.05, 3.63) is 44.9 Å². The fourth-order valence-corrected chi connectivity index (χ4v) is 4.71. The first-order chi connectivity index (χ1) is 10.1. The highest BCUT2D eigenvalue weighted by Gasteiger charge is 2.42. The third-order valence-electron chi connectivity index (χ3n) is 3.90. The monoisotopic (exact) mass is 367 g/mol. The summed E-state index contributed by atoms with van der Waals surface area (Å²) in [5.41, 5.74) is 0.904. The van der Waals surface area contributed by atoms with Gasteiger partial charge in [-0.2, -0.15) is 0 Å². The van der Waals surface area contributed by atoms with Crippen molar-refractivity contribution in [2.24, 2.45) is 5.92 Å². The lowest BCUT2D eigenvalue weighted by atomic mass is 9.98. The normalized spacial score (nSPS) is 24.0. The van der Waals surface area contributed by atoms with Gasteiger partial charge in [0.2, 0.25) is 0 Å². The van der Waals surface area contributed by atoms with Crippen molar-refractivity contribution in [3.63, 3.8) is 0 Å². The summed E-state index contributed by atoms with van der Waals surface area (Å²) in [5.74, 6) is -1.10. The maximum absolute atomic E-state index is 12.2. The summed E-state index contributed by atoms with van der Waals surface area (Å²) in [6.45, 7) is 0. The predicted molar refractivity (Wildman–Crippen MR) is 85.0 cm³/mol. The number of fused-ring (bicyclic) bond motifs is 1. The average molecular weight is 368 g/mol. The Kier molecular flexibility index (Phi) is 4.08. The van der Waals surface area contributed by atoms with E-state index < -0.39 is 5.97 Å². The van der Waals surface area contributed by atoms with E-state index in [-0.39, 0.29) is 11.8 Å². The molecule has 2 atom stereocenters. The van der Waals surface area contributed by atoms with Gasteiger partial charge in [0, 0.05) is 21.2 Å².